The summed E-state index contributed by atoms with van der Waals surface area (Å²) in [4.78, 5) is 11.6. The van der Waals surface area contributed by atoms with Crippen molar-refractivity contribution in [3.8, 4) is 17.2 Å². The van der Waals surface area contributed by atoms with Crippen LogP contribution in [-0.4, -0.2) is 24.3 Å². The molecule has 0 aliphatic heterocycles. The number of ether oxygens (including phenoxy) is 3. The Morgan fingerprint density at radius 3 is 1.96 bits per heavy atom. The number of aliphatic carboxylic acids is 1. The van der Waals surface area contributed by atoms with Crippen molar-refractivity contribution >= 4 is 17.6 Å². The van der Waals surface area contributed by atoms with Crippen molar-refractivity contribution in [3.05, 3.63) is 53.1 Å². The van der Waals surface area contributed by atoms with Crippen LogP contribution in [0.5, 0.6) is 17.2 Å². The van der Waals surface area contributed by atoms with Gasteiger partial charge in [-0.2, -0.15) is 0 Å². The zero-order chi connectivity index (χ0) is 17.5. The lowest BCUT2D eigenvalue weighted by Gasteiger charge is -2.17. The smallest absolute Gasteiger partial charge is 0.349 e. The van der Waals surface area contributed by atoms with Crippen molar-refractivity contribution < 1.29 is 24.1 Å². The maximum absolute atomic E-state index is 11.6. The molecule has 1 N–H and O–H groups in total. The maximum Gasteiger partial charge on any atom is 0.349 e. The molecule has 2 aromatic rings. The number of carboxylic acids is 1. The molecule has 2 aromatic carbocycles. The summed E-state index contributed by atoms with van der Waals surface area (Å²) in [5, 5.41) is 10.0. The van der Waals surface area contributed by atoms with Gasteiger partial charge in [0.05, 0.1) is 13.2 Å². The molecular formula is C18H19ClO5. The zero-order valence-electron chi connectivity index (χ0n) is 13.5. The molecule has 0 fully saturated rings. The average molecular weight is 351 g/mol. The monoisotopic (exact) mass is 350 g/mol. The Balaban J connectivity index is 2.31. The van der Waals surface area contributed by atoms with E-state index in [4.69, 9.17) is 25.8 Å². The van der Waals surface area contributed by atoms with E-state index >= 15 is 0 Å². The minimum atomic E-state index is -1.16. The summed E-state index contributed by atoms with van der Waals surface area (Å²) in [6.45, 7) is 4.69. The predicted molar refractivity (Wildman–Crippen MR) is 91.2 cm³/mol. The molecular weight excluding hydrogens is 332 g/mol. The molecule has 6 heteroatoms. The first-order chi connectivity index (χ1) is 11.5. The Bertz CT molecular complexity index is 660. The van der Waals surface area contributed by atoms with E-state index in [-0.39, 0.29) is 0 Å². The van der Waals surface area contributed by atoms with Gasteiger partial charge >= 0.3 is 5.97 Å². The highest BCUT2D eigenvalue weighted by Gasteiger charge is 2.22. The van der Waals surface area contributed by atoms with Crippen molar-refractivity contribution in [3.63, 3.8) is 0 Å². The normalized spacial score (nSPS) is 11.6. The Hall–Kier alpha value is -2.40. The molecule has 128 valence electrons. The quantitative estimate of drug-likeness (QED) is 0.767. The van der Waals surface area contributed by atoms with E-state index in [1.54, 1.807) is 42.5 Å². The second-order valence-corrected chi connectivity index (χ2v) is 5.33. The summed E-state index contributed by atoms with van der Waals surface area (Å²) in [6, 6.07) is 11.5. The van der Waals surface area contributed by atoms with E-state index in [1.165, 1.54) is 0 Å². The van der Waals surface area contributed by atoms with Crippen LogP contribution in [0.3, 0.4) is 0 Å². The Labute approximate surface area is 145 Å². The van der Waals surface area contributed by atoms with E-state index in [1.807, 2.05) is 13.8 Å². The Morgan fingerprint density at radius 2 is 1.50 bits per heavy atom. The fraction of sp³-hybridized carbons (Fsp3) is 0.278. The van der Waals surface area contributed by atoms with E-state index in [0.717, 1.165) is 0 Å². The molecule has 0 radical (unpaired) electrons. The molecule has 0 amide bonds. The fourth-order valence-corrected chi connectivity index (χ4v) is 2.27. The van der Waals surface area contributed by atoms with Gasteiger partial charge in [-0.3, -0.25) is 0 Å². The molecule has 2 rings (SSSR count). The fourth-order valence-electron chi connectivity index (χ4n) is 2.15. The van der Waals surface area contributed by atoms with Crippen molar-refractivity contribution in [1.82, 2.24) is 0 Å². The van der Waals surface area contributed by atoms with Crippen LogP contribution in [0.4, 0.5) is 0 Å². The summed E-state index contributed by atoms with van der Waals surface area (Å²) in [6.07, 6.45) is -1.16. The molecule has 0 aliphatic rings. The van der Waals surface area contributed by atoms with Crippen LogP contribution in [0.15, 0.2) is 42.5 Å². The van der Waals surface area contributed by atoms with E-state index in [0.29, 0.717) is 41.0 Å². The highest BCUT2D eigenvalue weighted by molar-refractivity contribution is 6.30. The van der Waals surface area contributed by atoms with Crippen LogP contribution in [0.1, 0.15) is 25.5 Å². The van der Waals surface area contributed by atoms with E-state index in [9.17, 15) is 9.90 Å². The highest BCUT2D eigenvalue weighted by atomic mass is 35.5. The number of hydrogen-bond donors (Lipinski definition) is 1. The highest BCUT2D eigenvalue weighted by Crippen LogP contribution is 2.31. The zero-order valence-corrected chi connectivity index (χ0v) is 14.2. The lowest BCUT2D eigenvalue weighted by molar-refractivity contribution is -0.145. The van der Waals surface area contributed by atoms with Gasteiger partial charge in [0.2, 0.25) is 6.10 Å². The van der Waals surface area contributed by atoms with Crippen LogP contribution < -0.4 is 14.2 Å². The van der Waals surface area contributed by atoms with E-state index in [2.05, 4.69) is 0 Å². The van der Waals surface area contributed by atoms with Gasteiger partial charge in [-0.25, -0.2) is 4.79 Å². The van der Waals surface area contributed by atoms with Crippen molar-refractivity contribution in [2.45, 2.75) is 20.0 Å². The lowest BCUT2D eigenvalue weighted by atomic mass is 10.1. The number of rotatable bonds is 8. The molecule has 0 aliphatic carbocycles. The Morgan fingerprint density at radius 1 is 1.00 bits per heavy atom. The van der Waals surface area contributed by atoms with Crippen LogP contribution in [0, 0.1) is 0 Å². The largest absolute Gasteiger partial charge is 0.494 e. The van der Waals surface area contributed by atoms with Crippen LogP contribution >= 0.6 is 11.6 Å². The van der Waals surface area contributed by atoms with Gasteiger partial charge in [0.15, 0.2) is 0 Å². The van der Waals surface area contributed by atoms with Gasteiger partial charge in [-0.1, -0.05) is 23.7 Å². The standard InChI is InChI=1S/C18H19ClO5/c1-3-22-14-9-15(23-4-2)11-16(10-14)24-17(18(20)21)12-5-7-13(19)8-6-12/h5-11,17H,3-4H2,1-2H3,(H,20,21). The summed E-state index contributed by atoms with van der Waals surface area (Å²) in [5.74, 6) is 0.362. The summed E-state index contributed by atoms with van der Waals surface area (Å²) >= 11 is 5.85. The predicted octanol–water partition coefficient (Wildman–Crippen LogP) is 4.34. The first-order valence-electron chi connectivity index (χ1n) is 7.59. The minimum absolute atomic E-state index is 0.353. The van der Waals surface area contributed by atoms with Gasteiger partial charge in [0.1, 0.15) is 17.2 Å². The van der Waals surface area contributed by atoms with Gasteiger partial charge < -0.3 is 19.3 Å². The molecule has 0 heterocycles. The van der Waals surface area contributed by atoms with Gasteiger partial charge in [-0.05, 0) is 26.0 Å². The molecule has 24 heavy (non-hydrogen) atoms. The SMILES string of the molecule is CCOc1cc(OCC)cc(OC(C(=O)O)c2ccc(Cl)cc2)c1. The van der Waals surface area contributed by atoms with E-state index < -0.39 is 12.1 Å². The molecule has 0 bridgehead atoms. The van der Waals surface area contributed by atoms with Crippen molar-refractivity contribution in [1.29, 1.82) is 0 Å². The summed E-state index contributed by atoms with van der Waals surface area (Å²) < 4.78 is 16.6. The number of carbonyl (C=O) groups is 1. The number of hydrogen-bond acceptors (Lipinski definition) is 4. The van der Waals surface area contributed by atoms with Gasteiger partial charge in [0, 0.05) is 28.8 Å². The molecule has 0 spiro atoms. The third kappa shape index (κ3) is 4.80. The summed E-state index contributed by atoms with van der Waals surface area (Å²) in [5.41, 5.74) is 0.492. The summed E-state index contributed by atoms with van der Waals surface area (Å²) in [7, 11) is 0. The maximum atomic E-state index is 11.6. The molecule has 1 atom stereocenters. The molecule has 0 saturated heterocycles. The number of halogens is 1. The molecule has 0 aromatic heterocycles. The average Bonchev–Trinajstić information content (AvgIpc) is 2.54. The number of carboxylic acid groups (broad SMARTS) is 1. The number of benzene rings is 2. The second kappa shape index (κ2) is 8.45. The molecule has 1 unspecified atom stereocenters. The third-order valence-corrected chi connectivity index (χ3v) is 3.38. The first kappa shape index (κ1) is 17.9. The van der Waals surface area contributed by atoms with Gasteiger partial charge in [-0.15, -0.1) is 0 Å². The Kier molecular flexibility index (Phi) is 6.32. The third-order valence-electron chi connectivity index (χ3n) is 3.13. The van der Waals surface area contributed by atoms with Crippen molar-refractivity contribution in [2.24, 2.45) is 0 Å². The van der Waals surface area contributed by atoms with Crippen LogP contribution in [0.25, 0.3) is 0 Å². The minimum Gasteiger partial charge on any atom is -0.494 e. The van der Waals surface area contributed by atoms with Gasteiger partial charge in [0.25, 0.3) is 0 Å². The first-order valence-corrected chi connectivity index (χ1v) is 7.97. The van der Waals surface area contributed by atoms with Crippen LogP contribution in [0.2, 0.25) is 5.02 Å². The second-order valence-electron chi connectivity index (χ2n) is 4.89. The van der Waals surface area contributed by atoms with Crippen LogP contribution in [-0.2, 0) is 4.79 Å². The molecule has 0 saturated carbocycles. The topological polar surface area (TPSA) is 65.0 Å². The molecule has 5 nitrogen and oxygen atoms in total. The lowest BCUT2D eigenvalue weighted by Crippen LogP contribution is -2.18. The van der Waals surface area contributed by atoms with Crippen molar-refractivity contribution in [2.75, 3.05) is 13.2 Å².